The van der Waals surface area contributed by atoms with Crippen LogP contribution in [0, 0.1) is 0 Å². The van der Waals surface area contributed by atoms with E-state index < -0.39 is 9.70 Å². The molecule has 1 aromatic rings. The van der Waals surface area contributed by atoms with E-state index in [4.69, 9.17) is 44.3 Å². The summed E-state index contributed by atoms with van der Waals surface area (Å²) in [6.07, 6.45) is 0. The van der Waals surface area contributed by atoms with Crippen molar-refractivity contribution in [2.75, 3.05) is 19.5 Å². The molecule has 0 unspecified atom stereocenters. The highest BCUT2D eigenvalue weighted by molar-refractivity contribution is 6.76. The maximum absolute atomic E-state index is 11.4. The number of hydrogen-bond acceptors (Lipinski definition) is 3. The fraction of sp³-hybridized carbons (Fsp3) is 0.300. The minimum atomic E-state index is -2.01. The fourth-order valence-electron chi connectivity index (χ4n) is 1.12. The predicted molar refractivity (Wildman–Crippen MR) is 68.5 cm³/mol. The molecule has 1 rings (SSSR count). The van der Waals surface area contributed by atoms with Gasteiger partial charge < -0.3 is 14.8 Å². The fourth-order valence-corrected chi connectivity index (χ4v) is 1.26. The molecule has 0 fully saturated rings. The number of anilines is 1. The summed E-state index contributed by atoms with van der Waals surface area (Å²) >= 11 is 16.3. The molecule has 0 saturated heterocycles. The normalized spacial score (nSPS) is 10.9. The Morgan fingerprint density at radius 1 is 1.18 bits per heavy atom. The first-order valence-corrected chi connectivity index (χ1v) is 5.62. The topological polar surface area (TPSA) is 47.6 Å². The zero-order chi connectivity index (χ0) is 13.1. The van der Waals surface area contributed by atoms with Gasteiger partial charge in [0.2, 0.25) is 0 Å². The molecule has 4 nitrogen and oxygen atoms in total. The Morgan fingerprint density at radius 3 is 2.24 bits per heavy atom. The number of methoxy groups -OCH3 is 2. The summed E-state index contributed by atoms with van der Waals surface area (Å²) in [5.74, 6) is 0.267. The maximum atomic E-state index is 11.4. The number of ether oxygens (including phenoxy) is 2. The molecule has 1 N–H and O–H groups in total. The van der Waals surface area contributed by atoms with Gasteiger partial charge in [0.05, 0.1) is 14.2 Å². The van der Waals surface area contributed by atoms with Crippen molar-refractivity contribution in [3.63, 3.8) is 0 Å². The number of benzene rings is 1. The second kappa shape index (κ2) is 5.67. The van der Waals surface area contributed by atoms with Crippen molar-refractivity contribution < 1.29 is 14.3 Å². The van der Waals surface area contributed by atoms with Crippen molar-refractivity contribution in [2.24, 2.45) is 0 Å². The van der Waals surface area contributed by atoms with E-state index in [9.17, 15) is 4.79 Å². The number of nitrogens with one attached hydrogen (secondary N) is 1. The highest BCUT2D eigenvalue weighted by Gasteiger charge is 2.30. The van der Waals surface area contributed by atoms with Crippen molar-refractivity contribution in [1.29, 1.82) is 0 Å². The van der Waals surface area contributed by atoms with E-state index in [0.717, 1.165) is 0 Å². The summed E-state index contributed by atoms with van der Waals surface area (Å²) in [5, 5.41) is 2.44. The number of rotatable bonds is 3. The second-order valence-electron chi connectivity index (χ2n) is 3.02. The van der Waals surface area contributed by atoms with Crippen LogP contribution in [0.4, 0.5) is 5.69 Å². The standard InChI is InChI=1S/C10H10Cl3NO3/c1-16-7-4-3-6(5-8(7)17-2)14-9(15)10(11,12)13/h3-5H,1-2H3,(H,14,15). The summed E-state index contributed by atoms with van der Waals surface area (Å²) in [6, 6.07) is 4.80. The van der Waals surface area contributed by atoms with Gasteiger partial charge in [0.15, 0.2) is 11.5 Å². The smallest absolute Gasteiger partial charge is 0.276 e. The van der Waals surface area contributed by atoms with Crippen LogP contribution in [0.3, 0.4) is 0 Å². The van der Waals surface area contributed by atoms with Crippen molar-refractivity contribution >= 4 is 46.4 Å². The molecule has 0 radical (unpaired) electrons. The van der Waals surface area contributed by atoms with Gasteiger partial charge in [-0.05, 0) is 12.1 Å². The average molecular weight is 299 g/mol. The monoisotopic (exact) mass is 297 g/mol. The summed E-state index contributed by atoms with van der Waals surface area (Å²) in [7, 11) is 3.00. The molecule has 0 saturated carbocycles. The number of carbonyl (C=O) groups excluding carboxylic acids is 1. The predicted octanol–water partition coefficient (Wildman–Crippen LogP) is 3.01. The lowest BCUT2D eigenvalue weighted by Gasteiger charge is -2.13. The zero-order valence-electron chi connectivity index (χ0n) is 9.09. The van der Waals surface area contributed by atoms with Crippen LogP contribution >= 0.6 is 34.8 Å². The first-order valence-electron chi connectivity index (χ1n) is 4.48. The summed E-state index contributed by atoms with van der Waals surface area (Å²) < 4.78 is 8.11. The Bertz CT molecular complexity index is 418. The SMILES string of the molecule is COc1ccc(NC(=O)C(Cl)(Cl)Cl)cc1OC. The van der Waals surface area contributed by atoms with Gasteiger partial charge in [-0.1, -0.05) is 34.8 Å². The maximum Gasteiger partial charge on any atom is 0.276 e. The average Bonchev–Trinajstić information content (AvgIpc) is 2.27. The van der Waals surface area contributed by atoms with Crippen LogP contribution in [0.25, 0.3) is 0 Å². The minimum absolute atomic E-state index is 0.443. The number of hydrogen-bond donors (Lipinski definition) is 1. The van der Waals surface area contributed by atoms with Crippen LogP contribution in [0.1, 0.15) is 0 Å². The van der Waals surface area contributed by atoms with E-state index in [1.807, 2.05) is 0 Å². The molecule has 0 heterocycles. The summed E-state index contributed by atoms with van der Waals surface area (Å²) in [4.78, 5) is 11.4. The molecule has 0 bridgehead atoms. The molecule has 0 aliphatic carbocycles. The van der Waals surface area contributed by atoms with Gasteiger partial charge in [-0.3, -0.25) is 4.79 Å². The molecule has 0 aliphatic rings. The third kappa shape index (κ3) is 3.84. The molecule has 0 atom stereocenters. The van der Waals surface area contributed by atoms with Gasteiger partial charge in [0.25, 0.3) is 9.70 Å². The van der Waals surface area contributed by atoms with Gasteiger partial charge in [-0.15, -0.1) is 0 Å². The van der Waals surface area contributed by atoms with Crippen molar-refractivity contribution in [2.45, 2.75) is 3.79 Å². The number of alkyl halides is 3. The highest BCUT2D eigenvalue weighted by atomic mass is 35.6. The Kier molecular flexibility index (Phi) is 4.74. The van der Waals surface area contributed by atoms with E-state index in [2.05, 4.69) is 5.32 Å². The highest BCUT2D eigenvalue weighted by Crippen LogP contribution is 2.32. The molecule has 1 amide bonds. The minimum Gasteiger partial charge on any atom is -0.493 e. The van der Waals surface area contributed by atoms with Crippen LogP contribution in [-0.2, 0) is 4.79 Å². The van der Waals surface area contributed by atoms with Gasteiger partial charge in [-0.25, -0.2) is 0 Å². The third-order valence-electron chi connectivity index (χ3n) is 1.90. The second-order valence-corrected chi connectivity index (χ2v) is 5.30. The summed E-state index contributed by atoms with van der Waals surface area (Å²) in [5.41, 5.74) is 0.443. The van der Waals surface area contributed by atoms with Crippen molar-refractivity contribution in [3.05, 3.63) is 18.2 Å². The molecular formula is C10H10Cl3NO3. The van der Waals surface area contributed by atoms with Crippen molar-refractivity contribution in [3.8, 4) is 11.5 Å². The lowest BCUT2D eigenvalue weighted by molar-refractivity contribution is -0.115. The molecule has 1 aromatic carbocycles. The largest absolute Gasteiger partial charge is 0.493 e. The quantitative estimate of drug-likeness (QED) is 0.873. The van der Waals surface area contributed by atoms with Crippen LogP contribution in [-0.4, -0.2) is 23.9 Å². The van der Waals surface area contributed by atoms with Gasteiger partial charge in [0, 0.05) is 11.8 Å². The molecule has 0 aliphatic heterocycles. The molecule has 7 heteroatoms. The third-order valence-corrected chi connectivity index (χ3v) is 2.41. The Balaban J connectivity index is 2.90. The van der Waals surface area contributed by atoms with Crippen LogP contribution in [0.2, 0.25) is 0 Å². The molecule has 94 valence electrons. The Labute approximate surface area is 114 Å². The van der Waals surface area contributed by atoms with Crippen molar-refractivity contribution in [1.82, 2.24) is 0 Å². The zero-order valence-corrected chi connectivity index (χ0v) is 11.4. The van der Waals surface area contributed by atoms with E-state index in [-0.39, 0.29) is 0 Å². The number of amides is 1. The van der Waals surface area contributed by atoms with Crippen LogP contribution in [0.5, 0.6) is 11.5 Å². The Hall–Kier alpha value is -0.840. The molecular weight excluding hydrogens is 288 g/mol. The van der Waals surface area contributed by atoms with Crippen LogP contribution in [0.15, 0.2) is 18.2 Å². The lowest BCUT2D eigenvalue weighted by Crippen LogP contribution is -2.26. The number of halogens is 3. The van der Waals surface area contributed by atoms with E-state index >= 15 is 0 Å². The van der Waals surface area contributed by atoms with Gasteiger partial charge in [-0.2, -0.15) is 0 Å². The first-order chi connectivity index (χ1) is 7.88. The first kappa shape index (κ1) is 14.2. The molecule has 0 aromatic heterocycles. The van der Waals surface area contributed by atoms with Gasteiger partial charge >= 0.3 is 0 Å². The summed E-state index contributed by atoms with van der Waals surface area (Å²) in [6.45, 7) is 0. The lowest BCUT2D eigenvalue weighted by atomic mass is 10.2. The van der Waals surface area contributed by atoms with E-state index in [1.165, 1.54) is 14.2 Å². The molecule has 17 heavy (non-hydrogen) atoms. The van der Waals surface area contributed by atoms with Crippen LogP contribution < -0.4 is 14.8 Å². The molecule has 0 spiro atoms. The van der Waals surface area contributed by atoms with Gasteiger partial charge in [0.1, 0.15) is 0 Å². The Morgan fingerprint density at radius 2 is 1.76 bits per heavy atom. The van der Waals surface area contributed by atoms with E-state index in [1.54, 1.807) is 18.2 Å². The number of carbonyl (C=O) groups is 1. The van der Waals surface area contributed by atoms with E-state index in [0.29, 0.717) is 17.2 Å².